The molecule has 2 aromatic rings. The average Bonchev–Trinajstić information content (AvgIpc) is 2.83. The van der Waals surface area contributed by atoms with Gasteiger partial charge in [-0.3, -0.25) is 19.7 Å². The number of fused-ring (bicyclic) bond motifs is 1. The highest BCUT2D eigenvalue weighted by Crippen LogP contribution is 2.38. The summed E-state index contributed by atoms with van der Waals surface area (Å²) in [5.74, 6) is -0.0238. The van der Waals surface area contributed by atoms with Crippen molar-refractivity contribution in [2.75, 3.05) is 38.7 Å². The third-order valence-corrected chi connectivity index (χ3v) is 6.04. The zero-order valence-corrected chi connectivity index (χ0v) is 17.8. The van der Waals surface area contributed by atoms with E-state index < -0.39 is 4.92 Å². The molecule has 1 unspecified atom stereocenters. The van der Waals surface area contributed by atoms with Crippen LogP contribution in [0.4, 0.5) is 11.4 Å². The van der Waals surface area contributed by atoms with E-state index in [1.807, 2.05) is 0 Å². The number of rotatable bonds is 5. The Bertz CT molecular complexity index is 1030. The van der Waals surface area contributed by atoms with Crippen molar-refractivity contribution in [3.8, 4) is 5.75 Å². The van der Waals surface area contributed by atoms with Crippen LogP contribution in [0.3, 0.4) is 0 Å². The molecule has 1 N–H and O–H groups in total. The van der Waals surface area contributed by atoms with Crippen LogP contribution in [0.2, 0.25) is 0 Å². The van der Waals surface area contributed by atoms with Crippen LogP contribution in [-0.2, 0) is 22.4 Å². The molecule has 2 aliphatic rings. The molecule has 4 rings (SSSR count). The second kappa shape index (κ2) is 9.35. The lowest BCUT2D eigenvalue weighted by Gasteiger charge is -2.27. The number of nitrogens with one attached hydrogen (secondary N) is 1. The lowest BCUT2D eigenvalue weighted by Crippen LogP contribution is -2.40. The summed E-state index contributed by atoms with van der Waals surface area (Å²) in [6, 6.07) is 9.83. The molecule has 0 bridgehead atoms. The first-order valence-electron chi connectivity index (χ1n) is 10.6. The molecular formula is C23H25N3O6. The van der Waals surface area contributed by atoms with Gasteiger partial charge in [0.05, 0.1) is 25.2 Å². The maximum absolute atomic E-state index is 12.9. The van der Waals surface area contributed by atoms with Crippen LogP contribution >= 0.6 is 0 Å². The number of anilines is 1. The number of nitrogens with zero attached hydrogens (tertiary/aromatic N) is 2. The van der Waals surface area contributed by atoms with Crippen LogP contribution in [0.25, 0.3) is 0 Å². The van der Waals surface area contributed by atoms with E-state index in [9.17, 15) is 19.7 Å². The summed E-state index contributed by atoms with van der Waals surface area (Å²) in [5.41, 5.74) is 2.52. The molecule has 0 aromatic heterocycles. The first-order chi connectivity index (χ1) is 15.5. The minimum absolute atomic E-state index is 0.0179. The summed E-state index contributed by atoms with van der Waals surface area (Å²) >= 11 is 0. The molecule has 1 fully saturated rings. The normalized spacial score (nSPS) is 17.9. The van der Waals surface area contributed by atoms with Gasteiger partial charge in [0.2, 0.25) is 5.91 Å². The van der Waals surface area contributed by atoms with E-state index in [1.54, 1.807) is 35.2 Å². The SMILES string of the molecule is COc1ccc([N+](=O)[O-])c2c1CCC(C(=O)Nc1ccc(C(=O)N3CCOCC3)cc1)C2. The quantitative estimate of drug-likeness (QED) is 0.567. The maximum atomic E-state index is 12.9. The van der Waals surface area contributed by atoms with Crippen LogP contribution in [0.1, 0.15) is 27.9 Å². The van der Waals surface area contributed by atoms with Crippen LogP contribution in [0.15, 0.2) is 36.4 Å². The first kappa shape index (κ1) is 21.8. The van der Waals surface area contributed by atoms with Gasteiger partial charge < -0.3 is 19.7 Å². The number of nitro benzene ring substituents is 1. The van der Waals surface area contributed by atoms with Crippen molar-refractivity contribution in [1.29, 1.82) is 0 Å². The molecular weight excluding hydrogens is 414 g/mol. The zero-order chi connectivity index (χ0) is 22.7. The molecule has 1 aliphatic heterocycles. The highest BCUT2D eigenvalue weighted by atomic mass is 16.6. The lowest BCUT2D eigenvalue weighted by atomic mass is 9.82. The Labute approximate surface area is 185 Å². The number of nitro groups is 1. The lowest BCUT2D eigenvalue weighted by molar-refractivity contribution is -0.385. The molecule has 0 saturated carbocycles. The Balaban J connectivity index is 1.44. The van der Waals surface area contributed by atoms with E-state index in [4.69, 9.17) is 9.47 Å². The first-order valence-corrected chi connectivity index (χ1v) is 10.6. The van der Waals surface area contributed by atoms with Gasteiger partial charge in [-0.2, -0.15) is 0 Å². The molecule has 9 nitrogen and oxygen atoms in total. The summed E-state index contributed by atoms with van der Waals surface area (Å²) in [6.45, 7) is 2.21. The van der Waals surface area contributed by atoms with Crippen molar-refractivity contribution in [2.45, 2.75) is 19.3 Å². The molecule has 1 heterocycles. The minimum Gasteiger partial charge on any atom is -0.496 e. The van der Waals surface area contributed by atoms with Gasteiger partial charge in [-0.1, -0.05) is 0 Å². The summed E-state index contributed by atoms with van der Waals surface area (Å²) in [7, 11) is 1.54. The third-order valence-electron chi connectivity index (χ3n) is 6.04. The summed E-state index contributed by atoms with van der Waals surface area (Å²) in [6.07, 6.45) is 1.39. The topological polar surface area (TPSA) is 111 Å². The molecule has 168 valence electrons. The molecule has 1 saturated heterocycles. The molecule has 32 heavy (non-hydrogen) atoms. The van der Waals surface area contributed by atoms with Gasteiger partial charge in [0.15, 0.2) is 0 Å². The van der Waals surface area contributed by atoms with Crippen molar-refractivity contribution < 1.29 is 24.0 Å². The number of morpholine rings is 1. The zero-order valence-electron chi connectivity index (χ0n) is 17.8. The van der Waals surface area contributed by atoms with Gasteiger partial charge >= 0.3 is 0 Å². The number of carbonyl (C=O) groups excluding carboxylic acids is 2. The Morgan fingerprint density at radius 3 is 2.50 bits per heavy atom. The van der Waals surface area contributed by atoms with Crippen LogP contribution < -0.4 is 10.1 Å². The Hall–Kier alpha value is -3.46. The van der Waals surface area contributed by atoms with Gasteiger partial charge in [-0.25, -0.2) is 0 Å². The van der Waals surface area contributed by atoms with E-state index in [2.05, 4.69) is 5.32 Å². The second-order valence-corrected chi connectivity index (χ2v) is 7.91. The summed E-state index contributed by atoms with van der Waals surface area (Å²) < 4.78 is 10.6. The van der Waals surface area contributed by atoms with Gasteiger partial charge in [0.25, 0.3) is 11.6 Å². The Morgan fingerprint density at radius 2 is 1.84 bits per heavy atom. The number of carbonyl (C=O) groups is 2. The fourth-order valence-electron chi connectivity index (χ4n) is 4.30. The number of amides is 2. The van der Waals surface area contributed by atoms with E-state index in [0.29, 0.717) is 61.7 Å². The van der Waals surface area contributed by atoms with Crippen molar-refractivity contribution in [2.24, 2.45) is 5.92 Å². The van der Waals surface area contributed by atoms with Gasteiger partial charge in [-0.15, -0.1) is 0 Å². The monoisotopic (exact) mass is 439 g/mol. The fourth-order valence-corrected chi connectivity index (χ4v) is 4.30. The number of hydrogen-bond donors (Lipinski definition) is 1. The average molecular weight is 439 g/mol. The van der Waals surface area contributed by atoms with Crippen molar-refractivity contribution in [3.63, 3.8) is 0 Å². The minimum atomic E-state index is -0.414. The number of ether oxygens (including phenoxy) is 2. The van der Waals surface area contributed by atoms with Crippen LogP contribution in [-0.4, -0.2) is 55.1 Å². The molecule has 0 radical (unpaired) electrons. The maximum Gasteiger partial charge on any atom is 0.273 e. The highest BCUT2D eigenvalue weighted by molar-refractivity contribution is 5.96. The number of hydrogen-bond acceptors (Lipinski definition) is 6. The van der Waals surface area contributed by atoms with Gasteiger partial charge in [-0.05, 0) is 49.6 Å². The van der Waals surface area contributed by atoms with E-state index in [0.717, 1.165) is 5.56 Å². The van der Waals surface area contributed by atoms with Crippen LogP contribution in [0, 0.1) is 16.0 Å². The van der Waals surface area contributed by atoms with E-state index in [1.165, 1.54) is 13.2 Å². The fraction of sp³-hybridized carbons (Fsp3) is 0.391. The summed E-state index contributed by atoms with van der Waals surface area (Å²) in [5, 5.41) is 14.3. The van der Waals surface area contributed by atoms with Gasteiger partial charge in [0.1, 0.15) is 5.75 Å². The molecule has 9 heteroatoms. The predicted molar refractivity (Wildman–Crippen MR) is 117 cm³/mol. The smallest absolute Gasteiger partial charge is 0.273 e. The third kappa shape index (κ3) is 4.43. The molecule has 2 aromatic carbocycles. The molecule has 1 atom stereocenters. The van der Waals surface area contributed by atoms with Crippen molar-refractivity contribution >= 4 is 23.2 Å². The molecule has 0 spiro atoms. The van der Waals surface area contributed by atoms with Crippen molar-refractivity contribution in [1.82, 2.24) is 4.90 Å². The van der Waals surface area contributed by atoms with E-state index >= 15 is 0 Å². The van der Waals surface area contributed by atoms with Crippen LogP contribution in [0.5, 0.6) is 5.75 Å². The summed E-state index contributed by atoms with van der Waals surface area (Å²) in [4.78, 5) is 38.2. The highest BCUT2D eigenvalue weighted by Gasteiger charge is 2.32. The van der Waals surface area contributed by atoms with Gasteiger partial charge in [0, 0.05) is 47.5 Å². The van der Waals surface area contributed by atoms with Crippen molar-refractivity contribution in [3.05, 3.63) is 63.2 Å². The van der Waals surface area contributed by atoms with E-state index in [-0.39, 0.29) is 29.8 Å². The Morgan fingerprint density at radius 1 is 1.12 bits per heavy atom. The largest absolute Gasteiger partial charge is 0.496 e. The second-order valence-electron chi connectivity index (χ2n) is 7.91. The molecule has 2 amide bonds. The molecule has 1 aliphatic carbocycles. The predicted octanol–water partition coefficient (Wildman–Crippen LogP) is 2.82. The number of methoxy groups -OCH3 is 1. The standard InChI is InChI=1S/C23H25N3O6/c1-31-21-9-8-20(26(29)30)19-14-16(4-7-18(19)21)22(27)24-17-5-2-15(3-6-17)23(28)25-10-12-32-13-11-25/h2-3,5-6,8-9,16H,4,7,10-14H2,1H3,(H,24,27). The Kier molecular flexibility index (Phi) is 6.36. The number of benzene rings is 2.